The van der Waals surface area contributed by atoms with Crippen molar-refractivity contribution in [2.45, 2.75) is 26.3 Å². The Hall–Kier alpha value is -0.120. The molecule has 1 aliphatic rings. The SMILES string of the molecule is CNC1CCN(CC(C)(C)CN(C)C)C1. The van der Waals surface area contributed by atoms with Crippen molar-refractivity contribution in [3.63, 3.8) is 0 Å². The molecule has 90 valence electrons. The van der Waals surface area contributed by atoms with E-state index < -0.39 is 0 Å². The van der Waals surface area contributed by atoms with Crippen LogP contribution in [0.5, 0.6) is 0 Å². The first-order valence-corrected chi connectivity index (χ1v) is 5.97. The van der Waals surface area contributed by atoms with Gasteiger partial charge in [0.1, 0.15) is 0 Å². The third-order valence-corrected chi connectivity index (χ3v) is 3.08. The normalized spacial score (nSPS) is 24.0. The summed E-state index contributed by atoms with van der Waals surface area (Å²) in [6, 6.07) is 0.708. The first-order valence-electron chi connectivity index (χ1n) is 5.97. The first kappa shape index (κ1) is 12.9. The molecule has 0 aromatic carbocycles. The van der Waals surface area contributed by atoms with Crippen LogP contribution in [0.15, 0.2) is 0 Å². The van der Waals surface area contributed by atoms with Gasteiger partial charge in [-0.3, -0.25) is 0 Å². The second kappa shape index (κ2) is 5.28. The second-order valence-corrected chi connectivity index (χ2v) is 5.91. The average Bonchev–Trinajstić information content (AvgIpc) is 2.48. The van der Waals surface area contributed by atoms with Crippen LogP contribution in [0.25, 0.3) is 0 Å². The van der Waals surface area contributed by atoms with E-state index in [1.165, 1.54) is 26.1 Å². The van der Waals surface area contributed by atoms with E-state index in [0.717, 1.165) is 6.54 Å². The topological polar surface area (TPSA) is 18.5 Å². The molecule has 0 aromatic rings. The van der Waals surface area contributed by atoms with Crippen LogP contribution < -0.4 is 5.32 Å². The number of nitrogens with one attached hydrogen (secondary N) is 1. The smallest absolute Gasteiger partial charge is 0.0204 e. The van der Waals surface area contributed by atoms with Crippen LogP contribution in [0, 0.1) is 5.41 Å². The van der Waals surface area contributed by atoms with Gasteiger partial charge in [0.2, 0.25) is 0 Å². The second-order valence-electron chi connectivity index (χ2n) is 5.91. The lowest BCUT2D eigenvalue weighted by Crippen LogP contribution is -2.40. The molecule has 1 fully saturated rings. The highest BCUT2D eigenvalue weighted by atomic mass is 15.2. The van der Waals surface area contributed by atoms with Crippen LogP contribution in [0.3, 0.4) is 0 Å². The van der Waals surface area contributed by atoms with Crippen molar-refractivity contribution in [1.29, 1.82) is 0 Å². The van der Waals surface area contributed by atoms with Crippen molar-refractivity contribution in [3.05, 3.63) is 0 Å². The molecule has 0 bridgehead atoms. The van der Waals surface area contributed by atoms with Gasteiger partial charge in [0.15, 0.2) is 0 Å². The number of likely N-dealkylation sites (N-methyl/N-ethyl adjacent to an activating group) is 1. The average molecular weight is 213 g/mol. The molecule has 0 spiro atoms. The van der Waals surface area contributed by atoms with Gasteiger partial charge in [-0.1, -0.05) is 13.8 Å². The Morgan fingerprint density at radius 3 is 2.53 bits per heavy atom. The minimum Gasteiger partial charge on any atom is -0.316 e. The standard InChI is InChI=1S/C12H27N3/c1-12(2,9-14(4)5)10-15-7-6-11(8-15)13-3/h11,13H,6-10H2,1-5H3. The lowest BCUT2D eigenvalue weighted by atomic mass is 9.92. The Morgan fingerprint density at radius 1 is 1.40 bits per heavy atom. The van der Waals surface area contributed by atoms with Crippen molar-refractivity contribution in [2.24, 2.45) is 5.41 Å². The molecule has 3 heteroatoms. The maximum absolute atomic E-state index is 3.37. The Bertz CT molecular complexity index is 189. The maximum Gasteiger partial charge on any atom is 0.0204 e. The Morgan fingerprint density at radius 2 is 2.07 bits per heavy atom. The van der Waals surface area contributed by atoms with Crippen LogP contribution in [0.2, 0.25) is 0 Å². The molecule has 1 saturated heterocycles. The summed E-state index contributed by atoms with van der Waals surface area (Å²) in [7, 11) is 6.38. The van der Waals surface area contributed by atoms with E-state index in [9.17, 15) is 0 Å². The molecule has 0 saturated carbocycles. The van der Waals surface area contributed by atoms with Crippen molar-refractivity contribution in [2.75, 3.05) is 47.3 Å². The van der Waals surface area contributed by atoms with Crippen LogP contribution in [0.1, 0.15) is 20.3 Å². The molecule has 0 amide bonds. The Kier molecular flexibility index (Phi) is 4.56. The highest BCUT2D eigenvalue weighted by Crippen LogP contribution is 2.20. The van der Waals surface area contributed by atoms with E-state index in [1.807, 2.05) is 0 Å². The fraction of sp³-hybridized carbons (Fsp3) is 1.00. The summed E-state index contributed by atoms with van der Waals surface area (Å²) >= 11 is 0. The zero-order valence-corrected chi connectivity index (χ0v) is 11.0. The molecular formula is C12H27N3. The molecule has 15 heavy (non-hydrogen) atoms. The third-order valence-electron chi connectivity index (χ3n) is 3.08. The quantitative estimate of drug-likeness (QED) is 0.731. The van der Waals surface area contributed by atoms with Gasteiger partial charge in [-0.2, -0.15) is 0 Å². The predicted octanol–water partition coefficient (Wildman–Crippen LogP) is 0.868. The van der Waals surface area contributed by atoms with Gasteiger partial charge in [0, 0.05) is 25.7 Å². The van der Waals surface area contributed by atoms with Crippen molar-refractivity contribution in [1.82, 2.24) is 15.1 Å². The van der Waals surface area contributed by atoms with Crippen molar-refractivity contribution >= 4 is 0 Å². The summed E-state index contributed by atoms with van der Waals surface area (Å²) in [5.41, 5.74) is 0.395. The summed E-state index contributed by atoms with van der Waals surface area (Å²) in [5, 5.41) is 3.37. The molecule has 3 nitrogen and oxygen atoms in total. The fourth-order valence-electron chi connectivity index (χ4n) is 2.72. The van der Waals surface area contributed by atoms with E-state index in [2.05, 4.69) is 50.1 Å². The number of rotatable bonds is 5. The van der Waals surface area contributed by atoms with Gasteiger partial charge in [0.05, 0.1) is 0 Å². The lowest BCUT2D eigenvalue weighted by Gasteiger charge is -2.32. The van der Waals surface area contributed by atoms with E-state index in [4.69, 9.17) is 0 Å². The summed E-state index contributed by atoms with van der Waals surface area (Å²) < 4.78 is 0. The molecule has 1 atom stereocenters. The van der Waals surface area contributed by atoms with Crippen molar-refractivity contribution in [3.8, 4) is 0 Å². The monoisotopic (exact) mass is 213 g/mol. The molecule has 0 aromatic heterocycles. The molecule has 1 aliphatic heterocycles. The van der Waals surface area contributed by atoms with E-state index in [0.29, 0.717) is 11.5 Å². The van der Waals surface area contributed by atoms with Gasteiger partial charge >= 0.3 is 0 Å². The third kappa shape index (κ3) is 4.49. The number of hydrogen-bond acceptors (Lipinski definition) is 3. The van der Waals surface area contributed by atoms with Gasteiger partial charge in [0.25, 0.3) is 0 Å². The van der Waals surface area contributed by atoms with E-state index >= 15 is 0 Å². The van der Waals surface area contributed by atoms with Gasteiger partial charge in [-0.15, -0.1) is 0 Å². The predicted molar refractivity (Wildman–Crippen MR) is 66.2 cm³/mol. The molecule has 1 unspecified atom stereocenters. The largest absolute Gasteiger partial charge is 0.316 e. The van der Waals surface area contributed by atoms with Crippen molar-refractivity contribution < 1.29 is 0 Å². The summed E-state index contributed by atoms with van der Waals surface area (Å²) in [6.07, 6.45) is 1.30. The fourth-order valence-corrected chi connectivity index (χ4v) is 2.72. The molecule has 1 heterocycles. The van der Waals surface area contributed by atoms with Crippen LogP contribution >= 0.6 is 0 Å². The highest BCUT2D eigenvalue weighted by Gasteiger charge is 2.27. The van der Waals surface area contributed by atoms with E-state index in [-0.39, 0.29) is 0 Å². The molecule has 1 N–H and O–H groups in total. The minimum atomic E-state index is 0.395. The number of hydrogen-bond donors (Lipinski definition) is 1. The Balaban J connectivity index is 2.34. The van der Waals surface area contributed by atoms with Crippen LogP contribution in [-0.4, -0.2) is 63.2 Å². The summed E-state index contributed by atoms with van der Waals surface area (Å²) in [4.78, 5) is 4.87. The maximum atomic E-state index is 3.37. The summed E-state index contributed by atoms with van der Waals surface area (Å²) in [6.45, 7) is 9.56. The molecule has 0 radical (unpaired) electrons. The molecule has 1 rings (SSSR count). The van der Waals surface area contributed by atoms with E-state index in [1.54, 1.807) is 0 Å². The van der Waals surface area contributed by atoms with Gasteiger partial charge in [-0.05, 0) is 39.5 Å². The number of nitrogens with zero attached hydrogens (tertiary/aromatic N) is 2. The van der Waals surface area contributed by atoms with Crippen LogP contribution in [-0.2, 0) is 0 Å². The molecular weight excluding hydrogens is 186 g/mol. The highest BCUT2D eigenvalue weighted by molar-refractivity contribution is 4.84. The summed E-state index contributed by atoms with van der Waals surface area (Å²) in [5.74, 6) is 0. The lowest BCUT2D eigenvalue weighted by molar-refractivity contribution is 0.162. The van der Waals surface area contributed by atoms with Gasteiger partial charge < -0.3 is 15.1 Å². The Labute approximate surface area is 94.8 Å². The van der Waals surface area contributed by atoms with Crippen LogP contribution in [0.4, 0.5) is 0 Å². The number of likely N-dealkylation sites (tertiary alicyclic amines) is 1. The minimum absolute atomic E-state index is 0.395. The molecule has 0 aliphatic carbocycles. The first-order chi connectivity index (χ1) is 6.93. The zero-order valence-electron chi connectivity index (χ0n) is 11.0. The van der Waals surface area contributed by atoms with Gasteiger partial charge in [-0.25, -0.2) is 0 Å². The zero-order chi connectivity index (χ0) is 11.5.